The Morgan fingerprint density at radius 1 is 1.12 bits per heavy atom. The number of carbonyl (C=O) groups excluding carboxylic acids is 1. The van der Waals surface area contributed by atoms with Crippen LogP contribution in [0.4, 0.5) is 4.39 Å². The Bertz CT molecular complexity index is 1290. The fraction of sp³-hybridized carbons (Fsp3) is 0.200. The van der Waals surface area contributed by atoms with Gasteiger partial charge in [-0.15, -0.1) is 0 Å². The highest BCUT2D eigenvalue weighted by Crippen LogP contribution is 2.32. The molecule has 2 heterocycles. The highest BCUT2D eigenvalue weighted by Gasteiger charge is 2.19. The summed E-state index contributed by atoms with van der Waals surface area (Å²) >= 11 is 0. The van der Waals surface area contributed by atoms with Gasteiger partial charge in [0.1, 0.15) is 23.1 Å². The van der Waals surface area contributed by atoms with Gasteiger partial charge in [-0.3, -0.25) is 9.89 Å². The predicted molar refractivity (Wildman–Crippen MR) is 125 cm³/mol. The van der Waals surface area contributed by atoms with Crippen molar-refractivity contribution in [1.82, 2.24) is 20.4 Å². The van der Waals surface area contributed by atoms with Crippen molar-refractivity contribution < 1.29 is 18.3 Å². The first-order valence-electron chi connectivity index (χ1n) is 10.4. The highest BCUT2D eigenvalue weighted by molar-refractivity contribution is 6.05. The number of rotatable bonds is 8. The zero-order chi connectivity index (χ0) is 23.4. The summed E-state index contributed by atoms with van der Waals surface area (Å²) in [5, 5.41) is 10.9. The molecule has 2 aromatic heterocycles. The lowest BCUT2D eigenvalue weighted by atomic mass is 10.1. The number of hydrogen-bond acceptors (Lipinski definition) is 5. The molecule has 1 amide bonds. The zero-order valence-corrected chi connectivity index (χ0v) is 18.7. The van der Waals surface area contributed by atoms with Gasteiger partial charge in [0, 0.05) is 0 Å². The molecule has 0 unspecified atom stereocenters. The molecule has 0 saturated heterocycles. The number of nitrogens with one attached hydrogen (secondary N) is 2. The second-order valence-electron chi connectivity index (χ2n) is 7.85. The molecule has 33 heavy (non-hydrogen) atoms. The van der Waals surface area contributed by atoms with Crippen molar-refractivity contribution in [2.45, 2.75) is 13.1 Å². The average molecular weight is 448 g/mol. The molecule has 0 radical (unpaired) electrons. The van der Waals surface area contributed by atoms with Gasteiger partial charge in [0.15, 0.2) is 0 Å². The van der Waals surface area contributed by atoms with Crippen LogP contribution in [-0.4, -0.2) is 42.2 Å². The van der Waals surface area contributed by atoms with Gasteiger partial charge in [0.05, 0.1) is 42.4 Å². The molecule has 0 fully saturated rings. The maximum Gasteiger partial charge on any atom is 0.255 e. The number of furan rings is 1. The van der Waals surface area contributed by atoms with Crippen molar-refractivity contribution in [3.63, 3.8) is 0 Å². The van der Waals surface area contributed by atoms with Crippen LogP contribution < -0.4 is 10.1 Å². The summed E-state index contributed by atoms with van der Waals surface area (Å²) in [6.45, 7) is 0.948. The summed E-state index contributed by atoms with van der Waals surface area (Å²) in [6, 6.07) is 13.4. The number of halogens is 1. The Morgan fingerprint density at radius 3 is 2.61 bits per heavy atom. The fourth-order valence-electron chi connectivity index (χ4n) is 3.54. The third-order valence-corrected chi connectivity index (χ3v) is 5.08. The lowest BCUT2D eigenvalue weighted by Crippen LogP contribution is -2.23. The largest absolute Gasteiger partial charge is 0.495 e. The van der Waals surface area contributed by atoms with Gasteiger partial charge in [0.25, 0.3) is 5.91 Å². The van der Waals surface area contributed by atoms with Crippen molar-refractivity contribution in [3.8, 4) is 5.75 Å². The number of ether oxygens (including phenoxy) is 1. The Hall–Kier alpha value is -3.91. The number of carbonyl (C=O) groups is 1. The SMILES string of the molecule is COc1c(C(=O)NCc2ccc(CN(C)C)o2)ccc2[nH]nc(/C=C/c3ccc(F)cc3)c12. The Balaban J connectivity index is 1.56. The summed E-state index contributed by atoms with van der Waals surface area (Å²) in [5.41, 5.74) is 2.57. The summed E-state index contributed by atoms with van der Waals surface area (Å²) in [6.07, 6.45) is 3.62. The van der Waals surface area contributed by atoms with Gasteiger partial charge in [-0.05, 0) is 62.1 Å². The summed E-state index contributed by atoms with van der Waals surface area (Å²) in [5.74, 6) is 1.35. The number of amides is 1. The van der Waals surface area contributed by atoms with Gasteiger partial charge < -0.3 is 19.4 Å². The number of fused-ring (bicyclic) bond motifs is 1. The molecule has 0 spiro atoms. The van der Waals surface area contributed by atoms with Crippen molar-refractivity contribution in [2.75, 3.05) is 21.2 Å². The second-order valence-corrected chi connectivity index (χ2v) is 7.85. The summed E-state index contributed by atoms with van der Waals surface area (Å²) in [4.78, 5) is 15.0. The second kappa shape index (κ2) is 9.70. The van der Waals surface area contributed by atoms with E-state index in [9.17, 15) is 9.18 Å². The summed E-state index contributed by atoms with van der Waals surface area (Å²) in [7, 11) is 5.45. The van der Waals surface area contributed by atoms with Crippen LogP contribution in [0.15, 0.2) is 52.9 Å². The number of aromatic amines is 1. The maximum atomic E-state index is 13.1. The van der Waals surface area contributed by atoms with Gasteiger partial charge in [0.2, 0.25) is 0 Å². The van der Waals surface area contributed by atoms with E-state index >= 15 is 0 Å². The minimum absolute atomic E-state index is 0.260. The fourth-order valence-corrected chi connectivity index (χ4v) is 3.54. The molecule has 0 bridgehead atoms. The molecule has 0 atom stereocenters. The van der Waals surface area contributed by atoms with Crippen LogP contribution >= 0.6 is 0 Å². The van der Waals surface area contributed by atoms with Crippen molar-refractivity contribution in [2.24, 2.45) is 0 Å². The van der Waals surface area contributed by atoms with E-state index in [4.69, 9.17) is 9.15 Å². The van der Waals surface area contributed by atoms with Gasteiger partial charge in [-0.25, -0.2) is 4.39 Å². The normalized spacial score (nSPS) is 11.5. The molecule has 0 aliphatic heterocycles. The van der Waals surface area contributed by atoms with E-state index in [1.165, 1.54) is 19.2 Å². The lowest BCUT2D eigenvalue weighted by Gasteiger charge is -2.10. The first-order valence-corrected chi connectivity index (χ1v) is 10.4. The van der Waals surface area contributed by atoms with E-state index in [0.29, 0.717) is 34.7 Å². The number of hydrogen-bond donors (Lipinski definition) is 2. The first kappa shape index (κ1) is 22.3. The van der Waals surface area contributed by atoms with Crippen LogP contribution in [-0.2, 0) is 13.1 Å². The van der Waals surface area contributed by atoms with E-state index in [1.54, 1.807) is 30.3 Å². The number of benzene rings is 2. The molecule has 4 rings (SSSR count). The van der Waals surface area contributed by atoms with Crippen LogP contribution in [0, 0.1) is 5.82 Å². The minimum atomic E-state index is -0.293. The van der Waals surface area contributed by atoms with E-state index in [0.717, 1.165) is 16.8 Å². The standard InChI is InChI=1S/C25H25FN4O3/c1-30(2)15-19-10-9-18(33-19)14-27-25(31)20-11-13-22-23(24(20)32-3)21(28-29-22)12-6-16-4-7-17(26)8-5-16/h4-13H,14-15H2,1-3H3,(H,27,31)(H,28,29)/b12-6+. The molecule has 0 aliphatic rings. The topological polar surface area (TPSA) is 83.4 Å². The molecular formula is C25H25FN4O3. The van der Waals surface area contributed by atoms with E-state index in [1.807, 2.05) is 37.2 Å². The summed E-state index contributed by atoms with van der Waals surface area (Å²) < 4.78 is 24.5. The maximum absolute atomic E-state index is 13.1. The van der Waals surface area contributed by atoms with Crippen molar-refractivity contribution in [3.05, 3.63) is 82.7 Å². The van der Waals surface area contributed by atoms with E-state index in [-0.39, 0.29) is 18.3 Å². The van der Waals surface area contributed by atoms with E-state index in [2.05, 4.69) is 15.5 Å². The molecule has 7 nitrogen and oxygen atoms in total. The Labute approximate surface area is 190 Å². The molecule has 0 aliphatic carbocycles. The quantitative estimate of drug-likeness (QED) is 0.416. The molecule has 4 aromatic rings. The van der Waals surface area contributed by atoms with E-state index < -0.39 is 0 Å². The number of aromatic nitrogens is 2. The van der Waals surface area contributed by atoms with Crippen molar-refractivity contribution in [1.29, 1.82) is 0 Å². The first-order chi connectivity index (χ1) is 15.9. The van der Waals surface area contributed by atoms with Gasteiger partial charge in [-0.2, -0.15) is 5.10 Å². The Kier molecular flexibility index (Phi) is 6.55. The number of methoxy groups -OCH3 is 1. The van der Waals surface area contributed by atoms with Gasteiger partial charge >= 0.3 is 0 Å². The van der Waals surface area contributed by atoms with Crippen LogP contribution in [0.25, 0.3) is 23.1 Å². The number of nitrogens with zero attached hydrogens (tertiary/aromatic N) is 2. The van der Waals surface area contributed by atoms with Gasteiger partial charge in [-0.1, -0.05) is 18.2 Å². The Morgan fingerprint density at radius 2 is 1.88 bits per heavy atom. The average Bonchev–Trinajstić information content (AvgIpc) is 3.42. The van der Waals surface area contributed by atoms with Crippen LogP contribution in [0.1, 0.15) is 33.1 Å². The third kappa shape index (κ3) is 5.12. The highest BCUT2D eigenvalue weighted by atomic mass is 19.1. The van der Waals surface area contributed by atoms with Crippen molar-refractivity contribution >= 4 is 29.0 Å². The molecular weight excluding hydrogens is 423 g/mol. The monoisotopic (exact) mass is 448 g/mol. The lowest BCUT2D eigenvalue weighted by molar-refractivity contribution is 0.0945. The molecule has 0 saturated carbocycles. The molecule has 2 N–H and O–H groups in total. The molecule has 2 aromatic carbocycles. The van der Waals surface area contributed by atoms with Crippen LogP contribution in [0.2, 0.25) is 0 Å². The van der Waals surface area contributed by atoms with Crippen LogP contribution in [0.5, 0.6) is 5.75 Å². The molecule has 8 heteroatoms. The predicted octanol–water partition coefficient (Wildman–Crippen LogP) is 4.47. The third-order valence-electron chi connectivity index (χ3n) is 5.08. The van der Waals surface area contributed by atoms with Crippen LogP contribution in [0.3, 0.4) is 0 Å². The zero-order valence-electron chi connectivity index (χ0n) is 18.7. The minimum Gasteiger partial charge on any atom is -0.495 e. The molecule has 170 valence electrons. The number of H-pyrrole nitrogens is 1. The smallest absolute Gasteiger partial charge is 0.255 e.